The van der Waals surface area contributed by atoms with Crippen LogP contribution in [0.3, 0.4) is 0 Å². The van der Waals surface area contributed by atoms with Gasteiger partial charge >= 0.3 is 6.18 Å². The number of nitrogens with zero attached hydrogens (tertiary/aromatic N) is 3. The van der Waals surface area contributed by atoms with Crippen molar-refractivity contribution in [2.45, 2.75) is 45.7 Å². The first kappa shape index (κ1) is 28.7. The van der Waals surface area contributed by atoms with Gasteiger partial charge in [0.1, 0.15) is 6.54 Å². The molecule has 0 radical (unpaired) electrons. The van der Waals surface area contributed by atoms with Gasteiger partial charge in [-0.05, 0) is 55.3 Å². The Bertz CT molecular complexity index is 1420. The molecule has 0 saturated carbocycles. The van der Waals surface area contributed by atoms with Crippen LogP contribution in [0, 0.1) is 0 Å². The van der Waals surface area contributed by atoms with Crippen LogP contribution in [-0.2, 0) is 30.6 Å². The summed E-state index contributed by atoms with van der Waals surface area (Å²) >= 11 is 0. The Balaban J connectivity index is 1.58. The van der Waals surface area contributed by atoms with Gasteiger partial charge in [-0.25, -0.2) is 0 Å². The highest BCUT2D eigenvalue weighted by Crippen LogP contribution is 2.30. The number of alkyl halides is 3. The summed E-state index contributed by atoms with van der Waals surface area (Å²) in [5.74, 6) is -0.924. The number of amides is 2. The van der Waals surface area contributed by atoms with Crippen LogP contribution in [-0.4, -0.2) is 38.8 Å². The Hall–Kier alpha value is -4.33. The molecule has 0 aliphatic rings. The van der Waals surface area contributed by atoms with Crippen LogP contribution in [0.5, 0.6) is 0 Å². The summed E-state index contributed by atoms with van der Waals surface area (Å²) in [5, 5.41) is 0. The number of hydrogen-bond acceptors (Lipinski definition) is 2. The van der Waals surface area contributed by atoms with Crippen molar-refractivity contribution in [1.29, 1.82) is 0 Å². The summed E-state index contributed by atoms with van der Waals surface area (Å²) < 4.78 is 41.9. The molecular formula is C32H32F3N3O2. The summed E-state index contributed by atoms with van der Waals surface area (Å²) in [6.45, 7) is 4.48. The summed E-state index contributed by atoms with van der Waals surface area (Å²) in [5.41, 5.74) is 1.96. The smallest absolute Gasteiger partial charge is 0.345 e. The second kappa shape index (κ2) is 12.7. The van der Waals surface area contributed by atoms with E-state index in [1.807, 2.05) is 79.0 Å². The van der Waals surface area contributed by atoms with E-state index in [-0.39, 0.29) is 18.0 Å². The highest BCUT2D eigenvalue weighted by atomic mass is 19.4. The van der Waals surface area contributed by atoms with Gasteiger partial charge in [0.05, 0.1) is 12.1 Å². The molecule has 0 saturated heterocycles. The first-order chi connectivity index (χ1) is 19.1. The van der Waals surface area contributed by atoms with Crippen LogP contribution >= 0.6 is 0 Å². The lowest BCUT2D eigenvalue weighted by molar-refractivity contribution is -0.137. The molecule has 40 heavy (non-hydrogen) atoms. The highest BCUT2D eigenvalue weighted by Gasteiger charge is 2.32. The van der Waals surface area contributed by atoms with Gasteiger partial charge < -0.3 is 14.4 Å². The van der Waals surface area contributed by atoms with Crippen LogP contribution in [0.15, 0.2) is 103 Å². The maximum absolute atomic E-state index is 13.8. The fourth-order valence-corrected chi connectivity index (χ4v) is 4.49. The fraction of sp³-hybridized carbons (Fsp3) is 0.250. The van der Waals surface area contributed by atoms with Crippen molar-refractivity contribution in [2.24, 2.45) is 0 Å². The van der Waals surface area contributed by atoms with E-state index in [0.717, 1.165) is 29.0 Å². The van der Waals surface area contributed by atoms with Crippen LogP contribution in [0.2, 0.25) is 0 Å². The largest absolute Gasteiger partial charge is 0.416 e. The van der Waals surface area contributed by atoms with Crippen LogP contribution in [0.1, 0.15) is 46.6 Å². The normalized spacial score (nSPS) is 11.4. The molecule has 1 aromatic heterocycles. The van der Waals surface area contributed by atoms with Crippen LogP contribution < -0.4 is 0 Å². The quantitative estimate of drug-likeness (QED) is 0.224. The zero-order chi connectivity index (χ0) is 28.7. The fourth-order valence-electron chi connectivity index (χ4n) is 4.49. The van der Waals surface area contributed by atoms with E-state index in [4.69, 9.17) is 0 Å². The molecule has 0 unspecified atom stereocenters. The van der Waals surface area contributed by atoms with Crippen molar-refractivity contribution in [3.8, 4) is 0 Å². The van der Waals surface area contributed by atoms with Gasteiger partial charge in [-0.1, -0.05) is 66.7 Å². The zero-order valence-corrected chi connectivity index (χ0v) is 22.5. The van der Waals surface area contributed by atoms with E-state index in [2.05, 4.69) is 4.57 Å². The maximum atomic E-state index is 13.8. The molecule has 2 amide bonds. The minimum atomic E-state index is -4.57. The van der Waals surface area contributed by atoms with Crippen molar-refractivity contribution in [2.75, 3.05) is 6.54 Å². The molecule has 0 atom stereocenters. The summed E-state index contributed by atoms with van der Waals surface area (Å²) in [6, 6.07) is 27.3. The Morgan fingerprint density at radius 1 is 0.800 bits per heavy atom. The minimum absolute atomic E-state index is 0.109. The standard InChI is InChI=1S/C32H32F3N3O2/c1-24(2)38(31(40)27-15-9-16-28(19-27)32(33,34)35)23-30(39)37(21-26-13-7-4-8-14-26)22-29-17-10-18-36(29)20-25-11-5-3-6-12-25/h3-19,24H,20-23H2,1-2H3. The predicted molar refractivity (Wildman–Crippen MR) is 148 cm³/mol. The topological polar surface area (TPSA) is 45.6 Å². The van der Waals surface area contributed by atoms with E-state index in [1.165, 1.54) is 17.0 Å². The molecule has 0 aliphatic carbocycles. The molecule has 4 rings (SSSR count). The number of rotatable bonds is 10. The molecule has 3 aromatic carbocycles. The summed E-state index contributed by atoms with van der Waals surface area (Å²) in [7, 11) is 0. The monoisotopic (exact) mass is 547 g/mol. The third-order valence-corrected chi connectivity index (χ3v) is 6.67. The van der Waals surface area contributed by atoms with Gasteiger partial charge in [-0.2, -0.15) is 13.2 Å². The molecule has 0 aliphatic heterocycles. The van der Waals surface area contributed by atoms with Gasteiger partial charge in [-0.3, -0.25) is 9.59 Å². The second-order valence-electron chi connectivity index (χ2n) is 9.95. The molecule has 1 heterocycles. The van der Waals surface area contributed by atoms with Crippen molar-refractivity contribution in [3.05, 3.63) is 131 Å². The molecular weight excluding hydrogens is 515 g/mol. The molecule has 8 heteroatoms. The average Bonchev–Trinajstić information content (AvgIpc) is 3.37. The lowest BCUT2D eigenvalue weighted by Crippen LogP contribution is -2.45. The molecule has 0 bridgehead atoms. The van der Waals surface area contributed by atoms with E-state index in [1.54, 1.807) is 18.7 Å². The molecule has 208 valence electrons. The molecule has 0 N–H and O–H groups in total. The van der Waals surface area contributed by atoms with Crippen molar-refractivity contribution < 1.29 is 22.8 Å². The van der Waals surface area contributed by atoms with E-state index in [0.29, 0.717) is 19.6 Å². The van der Waals surface area contributed by atoms with Gasteiger partial charge in [0.25, 0.3) is 5.91 Å². The highest BCUT2D eigenvalue weighted by molar-refractivity contribution is 5.97. The van der Waals surface area contributed by atoms with E-state index in [9.17, 15) is 22.8 Å². The molecule has 0 fully saturated rings. The van der Waals surface area contributed by atoms with Crippen molar-refractivity contribution in [1.82, 2.24) is 14.4 Å². The van der Waals surface area contributed by atoms with Crippen molar-refractivity contribution >= 4 is 11.8 Å². The Labute approximate surface area is 232 Å². The zero-order valence-electron chi connectivity index (χ0n) is 22.5. The summed E-state index contributed by atoms with van der Waals surface area (Å²) in [6.07, 6.45) is -2.61. The lowest BCUT2D eigenvalue weighted by atomic mass is 10.1. The first-order valence-electron chi connectivity index (χ1n) is 13.1. The Morgan fingerprint density at radius 3 is 2.08 bits per heavy atom. The summed E-state index contributed by atoms with van der Waals surface area (Å²) in [4.78, 5) is 30.1. The number of benzene rings is 3. The molecule has 0 spiro atoms. The third kappa shape index (κ3) is 7.40. The van der Waals surface area contributed by atoms with Crippen molar-refractivity contribution in [3.63, 3.8) is 0 Å². The maximum Gasteiger partial charge on any atom is 0.416 e. The Morgan fingerprint density at radius 2 is 1.45 bits per heavy atom. The SMILES string of the molecule is CC(C)N(CC(=O)N(Cc1ccccc1)Cc1cccn1Cc1ccccc1)C(=O)c1cccc(C(F)(F)F)c1. The number of halogens is 3. The van der Waals surface area contributed by atoms with Crippen LogP contribution in [0.4, 0.5) is 13.2 Å². The Kier molecular flexibility index (Phi) is 9.09. The van der Waals surface area contributed by atoms with Gasteiger partial charge in [0.15, 0.2) is 0 Å². The molecule has 4 aromatic rings. The van der Waals surface area contributed by atoms with E-state index >= 15 is 0 Å². The minimum Gasteiger partial charge on any atom is -0.345 e. The van der Waals surface area contributed by atoms with Gasteiger partial charge in [0.2, 0.25) is 5.91 Å². The number of hydrogen-bond donors (Lipinski definition) is 0. The number of carbonyl (C=O) groups excluding carboxylic acids is 2. The predicted octanol–water partition coefficient (Wildman–Crippen LogP) is 6.63. The lowest BCUT2D eigenvalue weighted by Gasteiger charge is -2.30. The van der Waals surface area contributed by atoms with Gasteiger partial charge in [0, 0.05) is 36.6 Å². The van der Waals surface area contributed by atoms with E-state index < -0.39 is 23.7 Å². The third-order valence-electron chi connectivity index (χ3n) is 6.67. The molecule has 5 nitrogen and oxygen atoms in total. The second-order valence-corrected chi connectivity index (χ2v) is 9.95. The number of aromatic nitrogens is 1. The first-order valence-corrected chi connectivity index (χ1v) is 13.1. The number of carbonyl (C=O) groups is 2. The average molecular weight is 548 g/mol. The van der Waals surface area contributed by atoms with Gasteiger partial charge in [-0.15, -0.1) is 0 Å². The van der Waals surface area contributed by atoms with Crippen LogP contribution in [0.25, 0.3) is 0 Å².